The molecule has 140 valence electrons. The molecular weight excluding hydrogens is 341 g/mol. The number of esters is 2. The Morgan fingerprint density at radius 2 is 1.56 bits per heavy atom. The van der Waals surface area contributed by atoms with E-state index in [1.165, 1.54) is 19.3 Å². The van der Waals surface area contributed by atoms with Crippen LogP contribution in [-0.2, 0) is 19.1 Å². The topological polar surface area (TPSA) is 98.5 Å². The first-order chi connectivity index (χ1) is 11.6. The van der Waals surface area contributed by atoms with Gasteiger partial charge in [-0.2, -0.15) is 13.2 Å². The summed E-state index contributed by atoms with van der Waals surface area (Å²) in [5.74, 6) is -2.87. The summed E-state index contributed by atoms with van der Waals surface area (Å²) < 4.78 is 39.8. The normalized spacial score (nSPS) is 34.5. The third kappa shape index (κ3) is 3.96. The fourth-order valence-corrected chi connectivity index (χ4v) is 5.09. The summed E-state index contributed by atoms with van der Waals surface area (Å²) in [5, 5.41) is 2.93. The van der Waals surface area contributed by atoms with E-state index in [-0.39, 0.29) is 5.54 Å². The Morgan fingerprint density at radius 3 is 2.00 bits per heavy atom. The molecule has 0 spiro atoms. The minimum Gasteiger partial charge on any atom is -0.386 e. The monoisotopic (exact) mass is 362 g/mol. The van der Waals surface area contributed by atoms with Crippen molar-refractivity contribution in [2.75, 3.05) is 0 Å². The first-order valence-corrected chi connectivity index (χ1v) is 8.46. The number of hydrogen-bond donors (Lipinski definition) is 2. The molecule has 4 saturated carbocycles. The largest absolute Gasteiger partial charge is 0.491 e. The van der Waals surface area contributed by atoms with Crippen molar-refractivity contribution >= 4 is 17.8 Å². The molecule has 0 radical (unpaired) electrons. The molecule has 6 nitrogen and oxygen atoms in total. The van der Waals surface area contributed by atoms with Crippen molar-refractivity contribution in [2.24, 2.45) is 23.5 Å². The molecule has 9 heteroatoms. The van der Waals surface area contributed by atoms with E-state index in [9.17, 15) is 27.6 Å². The number of ether oxygens (including phenoxy) is 1. The lowest BCUT2D eigenvalue weighted by Gasteiger charge is -2.57. The highest BCUT2D eigenvalue weighted by molar-refractivity contribution is 5.92. The van der Waals surface area contributed by atoms with Crippen LogP contribution in [0.4, 0.5) is 13.2 Å². The first kappa shape index (κ1) is 18.2. The van der Waals surface area contributed by atoms with Crippen LogP contribution >= 0.6 is 0 Å². The van der Waals surface area contributed by atoms with Crippen molar-refractivity contribution < 1.29 is 32.3 Å². The predicted molar refractivity (Wildman–Crippen MR) is 78.8 cm³/mol. The second-order valence-corrected chi connectivity index (χ2v) is 7.76. The highest BCUT2D eigenvalue weighted by atomic mass is 19.4. The fourth-order valence-electron chi connectivity index (χ4n) is 5.09. The molecule has 0 saturated heterocycles. The number of rotatable bonds is 4. The average Bonchev–Trinajstić information content (AvgIpc) is 2.43. The SMILES string of the molecule is N[C@@H](CC(=O)OC(=O)C(F)(F)F)C(=O)NC12CC3CC(CC(C3)C1)C2. The van der Waals surface area contributed by atoms with E-state index in [1.54, 1.807) is 0 Å². The summed E-state index contributed by atoms with van der Waals surface area (Å²) >= 11 is 0. The van der Waals surface area contributed by atoms with Crippen molar-refractivity contribution in [3.05, 3.63) is 0 Å². The first-order valence-electron chi connectivity index (χ1n) is 8.46. The van der Waals surface area contributed by atoms with E-state index >= 15 is 0 Å². The molecule has 4 rings (SSSR count). The van der Waals surface area contributed by atoms with E-state index in [0.717, 1.165) is 19.3 Å². The van der Waals surface area contributed by atoms with Crippen LogP contribution in [0, 0.1) is 17.8 Å². The molecule has 4 bridgehead atoms. The number of nitrogens with one attached hydrogen (secondary N) is 1. The molecular formula is C16H21F3N2O4. The average molecular weight is 362 g/mol. The molecule has 0 aromatic heterocycles. The van der Waals surface area contributed by atoms with Crippen LogP contribution in [0.15, 0.2) is 0 Å². The van der Waals surface area contributed by atoms with Crippen LogP contribution < -0.4 is 11.1 Å². The predicted octanol–water partition coefficient (Wildman–Crippen LogP) is 1.42. The Morgan fingerprint density at radius 1 is 1.08 bits per heavy atom. The zero-order valence-corrected chi connectivity index (χ0v) is 13.6. The molecule has 25 heavy (non-hydrogen) atoms. The molecule has 1 amide bonds. The highest BCUT2D eigenvalue weighted by Gasteiger charge is 2.51. The Hall–Kier alpha value is -1.64. The van der Waals surface area contributed by atoms with Gasteiger partial charge in [0.1, 0.15) is 0 Å². The molecule has 0 aromatic carbocycles. The number of carbonyl (C=O) groups excluding carboxylic acids is 3. The van der Waals surface area contributed by atoms with Crippen LogP contribution in [0.1, 0.15) is 44.9 Å². The minimum absolute atomic E-state index is 0.310. The maximum absolute atomic E-state index is 12.3. The van der Waals surface area contributed by atoms with Crippen LogP contribution in [0.3, 0.4) is 0 Å². The standard InChI is InChI=1S/C16H21F3N2O4/c17-16(18,19)14(24)25-12(22)4-11(20)13(23)21-15-5-8-1-9(6-15)3-10(2-8)7-15/h8-11H,1-7,20H2,(H,21,23)/t8?,9?,10?,11-,15?/m0/s1. The van der Waals surface area contributed by atoms with E-state index < -0.39 is 36.5 Å². The zero-order chi connectivity index (χ0) is 18.4. The third-order valence-electron chi connectivity index (χ3n) is 5.59. The van der Waals surface area contributed by atoms with Crippen LogP contribution in [0.25, 0.3) is 0 Å². The van der Waals surface area contributed by atoms with Gasteiger partial charge in [-0.1, -0.05) is 0 Å². The molecule has 4 fully saturated rings. The van der Waals surface area contributed by atoms with Gasteiger partial charge in [-0.3, -0.25) is 9.59 Å². The second kappa shape index (κ2) is 6.26. The summed E-state index contributed by atoms with van der Waals surface area (Å²) in [6, 6.07) is -1.35. The zero-order valence-electron chi connectivity index (χ0n) is 13.6. The quantitative estimate of drug-likeness (QED) is 0.582. The van der Waals surface area contributed by atoms with Crippen molar-refractivity contribution in [2.45, 2.75) is 62.7 Å². The van der Waals surface area contributed by atoms with Gasteiger partial charge in [0.25, 0.3) is 0 Å². The van der Waals surface area contributed by atoms with Gasteiger partial charge in [0.05, 0.1) is 12.5 Å². The van der Waals surface area contributed by atoms with Crippen molar-refractivity contribution in [3.8, 4) is 0 Å². The van der Waals surface area contributed by atoms with Gasteiger partial charge in [0.2, 0.25) is 5.91 Å². The molecule has 0 unspecified atom stereocenters. The number of nitrogens with two attached hydrogens (primary N) is 1. The molecule has 1 atom stereocenters. The Balaban J connectivity index is 1.53. The number of alkyl halides is 3. The molecule has 4 aliphatic carbocycles. The van der Waals surface area contributed by atoms with Crippen molar-refractivity contribution in [1.29, 1.82) is 0 Å². The summed E-state index contributed by atoms with van der Waals surface area (Å²) in [4.78, 5) is 34.3. The van der Waals surface area contributed by atoms with Gasteiger partial charge >= 0.3 is 18.1 Å². The minimum atomic E-state index is -5.26. The van der Waals surface area contributed by atoms with Gasteiger partial charge < -0.3 is 15.8 Å². The second-order valence-electron chi connectivity index (χ2n) is 7.76. The molecule has 0 aromatic rings. The van der Waals surface area contributed by atoms with Crippen LogP contribution in [0.5, 0.6) is 0 Å². The van der Waals surface area contributed by atoms with Crippen LogP contribution in [0.2, 0.25) is 0 Å². The highest BCUT2D eigenvalue weighted by Crippen LogP contribution is 2.55. The van der Waals surface area contributed by atoms with Crippen molar-refractivity contribution in [1.82, 2.24) is 5.32 Å². The van der Waals surface area contributed by atoms with Crippen LogP contribution in [-0.4, -0.2) is 35.6 Å². The van der Waals surface area contributed by atoms with E-state index in [2.05, 4.69) is 10.1 Å². The third-order valence-corrected chi connectivity index (χ3v) is 5.59. The molecule has 0 aliphatic heterocycles. The maximum atomic E-state index is 12.3. The Kier molecular flexibility index (Phi) is 4.55. The van der Waals surface area contributed by atoms with Gasteiger partial charge in [-0.05, 0) is 56.3 Å². The Labute approximate surface area is 142 Å². The van der Waals surface area contributed by atoms with Gasteiger partial charge in [0.15, 0.2) is 0 Å². The summed E-state index contributed by atoms with van der Waals surface area (Å²) in [5.41, 5.74) is 5.32. The molecule has 4 aliphatic rings. The Bertz CT molecular complexity index is 555. The van der Waals surface area contributed by atoms with Crippen molar-refractivity contribution in [3.63, 3.8) is 0 Å². The maximum Gasteiger partial charge on any atom is 0.491 e. The lowest BCUT2D eigenvalue weighted by Crippen LogP contribution is -2.62. The molecule has 0 heterocycles. The lowest BCUT2D eigenvalue weighted by atomic mass is 9.53. The van der Waals surface area contributed by atoms with E-state index in [0.29, 0.717) is 17.8 Å². The summed E-state index contributed by atoms with van der Waals surface area (Å²) in [6.45, 7) is 0. The van der Waals surface area contributed by atoms with E-state index in [1.807, 2.05) is 0 Å². The van der Waals surface area contributed by atoms with E-state index in [4.69, 9.17) is 5.73 Å². The number of halogens is 3. The summed E-state index contributed by atoms with van der Waals surface area (Å²) in [6.07, 6.45) is 0.172. The number of hydrogen-bond acceptors (Lipinski definition) is 5. The van der Waals surface area contributed by atoms with Gasteiger partial charge in [-0.15, -0.1) is 0 Å². The smallest absolute Gasteiger partial charge is 0.386 e. The van der Waals surface area contributed by atoms with Gasteiger partial charge in [-0.25, -0.2) is 4.79 Å². The fraction of sp³-hybridized carbons (Fsp3) is 0.812. The van der Waals surface area contributed by atoms with Gasteiger partial charge in [0, 0.05) is 5.54 Å². The number of carbonyl (C=O) groups is 3. The molecule has 3 N–H and O–H groups in total. The number of amides is 1. The summed E-state index contributed by atoms with van der Waals surface area (Å²) in [7, 11) is 0. The lowest BCUT2D eigenvalue weighted by molar-refractivity contribution is -0.202.